The first-order valence-electron chi connectivity index (χ1n) is 27.2. The molecule has 0 spiro atoms. The van der Waals surface area contributed by atoms with E-state index in [-0.39, 0.29) is 38.6 Å². The fraction of sp³-hybridized carbons (Fsp3) is 0.925. The van der Waals surface area contributed by atoms with E-state index in [1.165, 1.54) is 193 Å². The second kappa shape index (κ2) is 50.2. The van der Waals surface area contributed by atoms with Gasteiger partial charge >= 0.3 is 19.8 Å². The second-order valence-electron chi connectivity index (χ2n) is 18.5. The number of carbonyl (C=O) groups excluding carboxylic acids is 2. The summed E-state index contributed by atoms with van der Waals surface area (Å²) in [5, 5.41) is 0. The van der Waals surface area contributed by atoms with Crippen LogP contribution in [0.25, 0.3) is 0 Å². The highest BCUT2D eigenvalue weighted by atomic mass is 31.2. The number of hydrogen-bond acceptors (Lipinski definition) is 8. The highest BCUT2D eigenvalue weighted by Crippen LogP contribution is 2.43. The van der Waals surface area contributed by atoms with E-state index in [1.807, 2.05) is 0 Å². The van der Waals surface area contributed by atoms with E-state index in [1.54, 1.807) is 0 Å². The molecule has 0 rings (SSSR count). The summed E-state index contributed by atoms with van der Waals surface area (Å²) in [6.45, 7) is 3.75. The molecule has 0 aliphatic carbocycles. The lowest BCUT2D eigenvalue weighted by Crippen LogP contribution is -2.29. The number of unbranched alkanes of at least 4 members (excludes halogenated alkanes) is 37. The van der Waals surface area contributed by atoms with Gasteiger partial charge in [0.25, 0.3) is 0 Å². The number of ether oxygens (including phenoxy) is 2. The molecule has 0 aromatic heterocycles. The van der Waals surface area contributed by atoms with Gasteiger partial charge in [-0.2, -0.15) is 0 Å². The number of hydrogen-bond donors (Lipinski definition) is 2. The SMILES string of the molecule is CCCCC/C=C\CCCCCCCC(=O)OC(COC(=O)CCCCCCCCCCCCCCCCCCCCCCCCCCCCCCCC)COP(=O)(O)OCCN. The lowest BCUT2D eigenvalue weighted by molar-refractivity contribution is -0.161. The number of rotatable bonds is 52. The van der Waals surface area contributed by atoms with Gasteiger partial charge in [0.15, 0.2) is 6.10 Å². The zero-order valence-corrected chi connectivity index (χ0v) is 42.5. The first kappa shape index (κ1) is 61.8. The van der Waals surface area contributed by atoms with Crippen molar-refractivity contribution in [2.24, 2.45) is 5.73 Å². The summed E-state index contributed by atoms with van der Waals surface area (Å²) < 4.78 is 32.9. The van der Waals surface area contributed by atoms with Crippen LogP contribution >= 0.6 is 7.82 Å². The largest absolute Gasteiger partial charge is 0.472 e. The summed E-state index contributed by atoms with van der Waals surface area (Å²) >= 11 is 0. The third-order valence-electron chi connectivity index (χ3n) is 12.2. The fourth-order valence-corrected chi connectivity index (χ4v) is 8.87. The van der Waals surface area contributed by atoms with Crippen LogP contribution in [-0.4, -0.2) is 49.3 Å². The molecule has 0 bridgehead atoms. The molecule has 2 atom stereocenters. The van der Waals surface area contributed by atoms with Crippen LogP contribution in [0.1, 0.15) is 284 Å². The molecule has 0 saturated heterocycles. The summed E-state index contributed by atoms with van der Waals surface area (Å²) in [6.07, 6.45) is 55.7. The average molecular weight is 914 g/mol. The summed E-state index contributed by atoms with van der Waals surface area (Å²) in [4.78, 5) is 35.0. The van der Waals surface area contributed by atoms with Crippen molar-refractivity contribution >= 4 is 19.8 Å². The van der Waals surface area contributed by atoms with Gasteiger partial charge in [-0.25, -0.2) is 4.57 Å². The van der Waals surface area contributed by atoms with E-state index in [0.717, 1.165) is 57.8 Å². The van der Waals surface area contributed by atoms with Crippen molar-refractivity contribution in [3.8, 4) is 0 Å². The van der Waals surface area contributed by atoms with Gasteiger partial charge in [0.1, 0.15) is 6.61 Å². The van der Waals surface area contributed by atoms with Gasteiger partial charge in [-0.15, -0.1) is 0 Å². The first-order valence-corrected chi connectivity index (χ1v) is 28.7. The van der Waals surface area contributed by atoms with E-state index in [9.17, 15) is 19.0 Å². The Hall–Kier alpha value is -1.25. The Morgan fingerprint density at radius 1 is 0.460 bits per heavy atom. The number of carbonyl (C=O) groups is 2. The molecule has 0 aliphatic rings. The lowest BCUT2D eigenvalue weighted by atomic mass is 10.0. The van der Waals surface area contributed by atoms with Crippen LogP contribution in [-0.2, 0) is 32.7 Å². The van der Waals surface area contributed by atoms with Gasteiger partial charge in [-0.3, -0.25) is 18.6 Å². The van der Waals surface area contributed by atoms with E-state index in [2.05, 4.69) is 26.0 Å². The maximum atomic E-state index is 12.6. The van der Waals surface area contributed by atoms with Crippen LogP contribution in [0.5, 0.6) is 0 Å². The zero-order valence-electron chi connectivity index (χ0n) is 41.6. The van der Waals surface area contributed by atoms with Crippen LogP contribution < -0.4 is 5.73 Å². The molecule has 0 saturated carbocycles. The highest BCUT2D eigenvalue weighted by molar-refractivity contribution is 7.47. The van der Waals surface area contributed by atoms with Crippen molar-refractivity contribution in [1.82, 2.24) is 0 Å². The van der Waals surface area contributed by atoms with Gasteiger partial charge in [-0.05, 0) is 38.5 Å². The Balaban J connectivity index is 3.81. The lowest BCUT2D eigenvalue weighted by Gasteiger charge is -2.19. The van der Waals surface area contributed by atoms with Crippen LogP contribution in [0.3, 0.4) is 0 Å². The molecule has 63 heavy (non-hydrogen) atoms. The Bertz CT molecular complexity index is 1040. The molecule has 0 aromatic carbocycles. The predicted molar refractivity (Wildman–Crippen MR) is 266 cm³/mol. The molecule has 0 aromatic rings. The summed E-state index contributed by atoms with van der Waals surface area (Å²) in [6, 6.07) is 0. The molecule has 0 amide bonds. The van der Waals surface area contributed by atoms with Gasteiger partial charge in [0.2, 0.25) is 0 Å². The normalized spacial score (nSPS) is 13.1. The van der Waals surface area contributed by atoms with Crippen LogP contribution in [0.15, 0.2) is 12.2 Å². The topological polar surface area (TPSA) is 134 Å². The Kier molecular flexibility index (Phi) is 49.2. The fourth-order valence-electron chi connectivity index (χ4n) is 8.10. The quantitative estimate of drug-likeness (QED) is 0.0265. The van der Waals surface area contributed by atoms with E-state index >= 15 is 0 Å². The number of allylic oxidation sites excluding steroid dienone is 2. The van der Waals surface area contributed by atoms with Gasteiger partial charge in [0, 0.05) is 19.4 Å². The van der Waals surface area contributed by atoms with Gasteiger partial charge < -0.3 is 20.1 Å². The molecule has 10 heteroatoms. The summed E-state index contributed by atoms with van der Waals surface area (Å²) in [5.41, 5.74) is 5.36. The second-order valence-corrected chi connectivity index (χ2v) is 19.9. The first-order chi connectivity index (χ1) is 30.8. The van der Waals surface area contributed by atoms with Crippen molar-refractivity contribution in [3.05, 3.63) is 12.2 Å². The molecule has 3 N–H and O–H groups in total. The van der Waals surface area contributed by atoms with Gasteiger partial charge in [-0.1, -0.05) is 244 Å². The third-order valence-corrected chi connectivity index (χ3v) is 13.1. The van der Waals surface area contributed by atoms with E-state index < -0.39 is 26.5 Å². The van der Waals surface area contributed by atoms with Crippen molar-refractivity contribution in [2.75, 3.05) is 26.4 Å². The average Bonchev–Trinajstić information content (AvgIpc) is 3.27. The van der Waals surface area contributed by atoms with Crippen molar-refractivity contribution in [1.29, 1.82) is 0 Å². The maximum absolute atomic E-state index is 12.6. The van der Waals surface area contributed by atoms with Crippen molar-refractivity contribution in [2.45, 2.75) is 290 Å². The minimum absolute atomic E-state index is 0.0550. The van der Waals surface area contributed by atoms with Crippen LogP contribution in [0, 0.1) is 0 Å². The minimum atomic E-state index is -4.38. The zero-order chi connectivity index (χ0) is 46.0. The molecular weight excluding hydrogens is 810 g/mol. The minimum Gasteiger partial charge on any atom is -0.462 e. The molecule has 0 radical (unpaired) electrons. The van der Waals surface area contributed by atoms with Gasteiger partial charge in [0.05, 0.1) is 13.2 Å². The summed E-state index contributed by atoms with van der Waals surface area (Å²) in [7, 11) is -4.38. The highest BCUT2D eigenvalue weighted by Gasteiger charge is 2.26. The maximum Gasteiger partial charge on any atom is 0.472 e. The number of nitrogens with two attached hydrogens (primary N) is 1. The van der Waals surface area contributed by atoms with Crippen LogP contribution in [0.2, 0.25) is 0 Å². The molecule has 0 aliphatic heterocycles. The molecular formula is C53H104NO8P. The monoisotopic (exact) mass is 914 g/mol. The van der Waals surface area contributed by atoms with Crippen LogP contribution in [0.4, 0.5) is 0 Å². The standard InChI is InChI=1S/C53H104NO8P/c1-3-5-7-9-11-13-15-17-18-19-20-21-22-23-24-25-26-27-28-29-30-31-32-33-34-36-37-39-41-43-45-52(55)59-49-51(50-61-63(57,58)60-48-47-54)62-53(56)46-44-42-40-38-35-16-14-12-10-8-6-4-2/h12,14,51H,3-11,13,15-50,54H2,1-2H3,(H,57,58)/b14-12-. The molecule has 2 unspecified atom stereocenters. The third kappa shape index (κ3) is 50.0. The Labute approximate surface area is 389 Å². The Morgan fingerprint density at radius 2 is 0.778 bits per heavy atom. The van der Waals surface area contributed by atoms with E-state index in [4.69, 9.17) is 24.3 Å². The summed E-state index contributed by atoms with van der Waals surface area (Å²) in [5.74, 6) is -0.824. The number of phosphoric acid groups is 1. The van der Waals surface area contributed by atoms with Crippen molar-refractivity contribution < 1.29 is 37.6 Å². The van der Waals surface area contributed by atoms with E-state index in [0.29, 0.717) is 6.42 Å². The number of phosphoric ester groups is 1. The smallest absolute Gasteiger partial charge is 0.462 e. The predicted octanol–water partition coefficient (Wildman–Crippen LogP) is 16.5. The number of esters is 2. The Morgan fingerprint density at radius 3 is 1.16 bits per heavy atom. The molecule has 0 heterocycles. The molecule has 9 nitrogen and oxygen atoms in total. The molecule has 374 valence electrons. The molecule has 0 fully saturated rings. The van der Waals surface area contributed by atoms with Crippen molar-refractivity contribution in [3.63, 3.8) is 0 Å².